The number of fused-ring (bicyclic) bond motifs is 2. The van der Waals surface area contributed by atoms with Crippen molar-refractivity contribution in [1.82, 2.24) is 0 Å². The maximum absolute atomic E-state index is 4.99. The van der Waals surface area contributed by atoms with Crippen LogP contribution < -0.4 is 0 Å². The molecule has 2 nitrogen and oxygen atoms in total. The first kappa shape index (κ1) is 21.7. The lowest BCUT2D eigenvalue weighted by Crippen LogP contribution is -1.89. The minimum Gasteiger partial charge on any atom is -0.256 e. The predicted molar refractivity (Wildman–Crippen MR) is 154 cm³/mol. The van der Waals surface area contributed by atoms with Gasteiger partial charge in [0.25, 0.3) is 0 Å². The third-order valence-electron chi connectivity index (χ3n) is 6.37. The quantitative estimate of drug-likeness (QED) is 0.229. The van der Waals surface area contributed by atoms with E-state index in [0.29, 0.717) is 0 Å². The smallest absolute Gasteiger partial charge is 0.0715 e. The van der Waals surface area contributed by atoms with Gasteiger partial charge in [-0.25, -0.2) is 0 Å². The molecule has 0 aromatic heterocycles. The van der Waals surface area contributed by atoms with Crippen molar-refractivity contribution < 1.29 is 0 Å². The molecule has 6 aromatic carbocycles. The van der Waals surface area contributed by atoms with Gasteiger partial charge >= 0.3 is 0 Å². The van der Waals surface area contributed by atoms with Crippen molar-refractivity contribution in [3.8, 4) is 11.1 Å². The van der Waals surface area contributed by atoms with Crippen molar-refractivity contribution in [1.29, 1.82) is 0 Å². The van der Waals surface area contributed by atoms with Crippen molar-refractivity contribution in [2.24, 2.45) is 9.98 Å². The number of hydrogen-bond donors (Lipinski definition) is 0. The lowest BCUT2D eigenvalue weighted by atomic mass is 9.91. The first-order chi connectivity index (χ1) is 17.9. The van der Waals surface area contributed by atoms with E-state index in [0.717, 1.165) is 44.4 Å². The Balaban J connectivity index is 1.63. The van der Waals surface area contributed by atoms with Crippen LogP contribution in [0.15, 0.2) is 143 Å². The van der Waals surface area contributed by atoms with Gasteiger partial charge in [0.2, 0.25) is 0 Å². The van der Waals surface area contributed by atoms with E-state index in [1.165, 1.54) is 10.8 Å². The molecule has 0 aliphatic carbocycles. The molecule has 2 heteroatoms. The third-order valence-corrected chi connectivity index (χ3v) is 6.37. The summed E-state index contributed by atoms with van der Waals surface area (Å²) in [6, 6.07) is 46.0. The van der Waals surface area contributed by atoms with Crippen molar-refractivity contribution in [3.05, 3.63) is 145 Å². The minimum atomic E-state index is 0.921. The zero-order valence-electron chi connectivity index (χ0n) is 19.8. The summed E-state index contributed by atoms with van der Waals surface area (Å²) in [5, 5.41) is 4.68. The Kier molecular flexibility index (Phi) is 5.91. The molecule has 0 saturated heterocycles. The Bertz CT molecular complexity index is 1580. The summed E-state index contributed by atoms with van der Waals surface area (Å²) in [4.78, 5) is 9.98. The predicted octanol–water partition coefficient (Wildman–Crippen LogP) is 9.16. The topological polar surface area (TPSA) is 24.7 Å². The zero-order valence-corrected chi connectivity index (χ0v) is 19.8. The maximum atomic E-state index is 4.99. The highest BCUT2D eigenvalue weighted by Crippen LogP contribution is 2.45. The van der Waals surface area contributed by atoms with E-state index in [2.05, 4.69) is 97.1 Å². The molecular weight excluding hydrogens is 436 g/mol. The largest absolute Gasteiger partial charge is 0.256 e. The summed E-state index contributed by atoms with van der Waals surface area (Å²) >= 11 is 0. The SMILES string of the molecule is C(=N/c1ccc2ccccc2c1-c1c(/N=C\c2ccccc2)ccc2ccccc12)/c1ccccc1. The van der Waals surface area contributed by atoms with Crippen LogP contribution in [0.3, 0.4) is 0 Å². The second kappa shape index (κ2) is 9.81. The molecule has 0 heterocycles. The second-order valence-electron chi connectivity index (χ2n) is 8.70. The van der Waals surface area contributed by atoms with E-state index in [-0.39, 0.29) is 0 Å². The summed E-state index contributed by atoms with van der Waals surface area (Å²) in [6.07, 6.45) is 3.87. The van der Waals surface area contributed by atoms with Gasteiger partial charge in [0.15, 0.2) is 0 Å². The van der Waals surface area contributed by atoms with Gasteiger partial charge < -0.3 is 0 Å². The summed E-state index contributed by atoms with van der Waals surface area (Å²) < 4.78 is 0. The van der Waals surface area contributed by atoms with Crippen molar-refractivity contribution in [3.63, 3.8) is 0 Å². The third kappa shape index (κ3) is 4.33. The highest BCUT2D eigenvalue weighted by Gasteiger charge is 2.16. The summed E-state index contributed by atoms with van der Waals surface area (Å²) in [6.45, 7) is 0. The molecule has 0 unspecified atom stereocenters. The summed E-state index contributed by atoms with van der Waals surface area (Å²) in [5.41, 5.74) is 6.17. The highest BCUT2D eigenvalue weighted by molar-refractivity contribution is 6.13. The van der Waals surface area contributed by atoms with Gasteiger partial charge in [-0.1, -0.05) is 121 Å². The van der Waals surface area contributed by atoms with Crippen molar-refractivity contribution >= 4 is 45.3 Å². The van der Waals surface area contributed by atoms with Crippen molar-refractivity contribution in [2.45, 2.75) is 0 Å². The van der Waals surface area contributed by atoms with Gasteiger partial charge in [-0.15, -0.1) is 0 Å². The van der Waals surface area contributed by atoms with Gasteiger partial charge in [-0.3, -0.25) is 9.98 Å². The number of aliphatic imine (C=N–C) groups is 2. The zero-order chi connectivity index (χ0) is 24.2. The molecule has 6 rings (SSSR count). The normalized spacial score (nSPS) is 11.7. The Hall–Kier alpha value is -4.82. The molecule has 0 fully saturated rings. The van der Waals surface area contributed by atoms with Gasteiger partial charge in [-0.05, 0) is 44.8 Å². The molecule has 0 bridgehead atoms. The summed E-state index contributed by atoms with van der Waals surface area (Å²) in [7, 11) is 0. The van der Waals surface area contributed by atoms with E-state index < -0.39 is 0 Å². The van der Waals surface area contributed by atoms with Crippen molar-refractivity contribution in [2.75, 3.05) is 0 Å². The van der Waals surface area contributed by atoms with Crippen LogP contribution in [0.4, 0.5) is 11.4 Å². The Morgan fingerprint density at radius 3 is 1.19 bits per heavy atom. The fraction of sp³-hybridized carbons (Fsp3) is 0. The second-order valence-corrected chi connectivity index (χ2v) is 8.70. The Labute approximate surface area is 210 Å². The van der Waals surface area contributed by atoms with Gasteiger partial charge in [0, 0.05) is 23.6 Å². The van der Waals surface area contributed by atoms with E-state index in [1.807, 2.05) is 48.8 Å². The monoisotopic (exact) mass is 460 g/mol. The fourth-order valence-electron chi connectivity index (χ4n) is 4.63. The van der Waals surface area contributed by atoms with Crippen LogP contribution in [0.2, 0.25) is 0 Å². The molecule has 36 heavy (non-hydrogen) atoms. The number of benzene rings is 6. The Morgan fingerprint density at radius 1 is 0.361 bits per heavy atom. The molecular formula is C34H24N2. The van der Waals surface area contributed by atoms with Gasteiger partial charge in [-0.2, -0.15) is 0 Å². The molecule has 0 saturated carbocycles. The molecule has 0 aliphatic heterocycles. The summed E-state index contributed by atoms with van der Waals surface area (Å²) in [5.74, 6) is 0. The van der Waals surface area contributed by atoms with E-state index >= 15 is 0 Å². The van der Waals surface area contributed by atoms with Gasteiger partial charge in [0.1, 0.15) is 0 Å². The lowest BCUT2D eigenvalue weighted by Gasteiger charge is -2.16. The lowest BCUT2D eigenvalue weighted by molar-refractivity contribution is 1.51. The van der Waals surface area contributed by atoms with Crippen LogP contribution in [0.25, 0.3) is 32.7 Å². The van der Waals surface area contributed by atoms with Crippen LogP contribution in [0.1, 0.15) is 11.1 Å². The molecule has 170 valence electrons. The number of hydrogen-bond acceptors (Lipinski definition) is 2. The van der Waals surface area contributed by atoms with Crippen LogP contribution in [0.5, 0.6) is 0 Å². The van der Waals surface area contributed by atoms with Crippen LogP contribution in [0, 0.1) is 0 Å². The maximum Gasteiger partial charge on any atom is 0.0715 e. The Morgan fingerprint density at radius 2 is 0.750 bits per heavy atom. The molecule has 0 spiro atoms. The first-order valence-corrected chi connectivity index (χ1v) is 12.1. The molecule has 0 N–H and O–H groups in total. The van der Waals surface area contributed by atoms with Gasteiger partial charge in [0.05, 0.1) is 11.4 Å². The molecule has 0 atom stereocenters. The van der Waals surface area contributed by atoms with Crippen LogP contribution in [-0.2, 0) is 0 Å². The molecule has 0 radical (unpaired) electrons. The number of rotatable bonds is 5. The molecule has 0 aliphatic rings. The van der Waals surface area contributed by atoms with Crippen LogP contribution >= 0.6 is 0 Å². The van der Waals surface area contributed by atoms with E-state index in [9.17, 15) is 0 Å². The standard InChI is InChI=1S/C34H24N2/c1-3-11-25(12-4-1)23-35-31-21-19-27-15-7-9-17-29(27)33(31)34-30-18-10-8-16-28(30)20-22-32(34)36-24-26-13-5-2-6-14-26/h1-24H/b35-23-,36-24-. The average molecular weight is 461 g/mol. The highest BCUT2D eigenvalue weighted by atomic mass is 14.7. The van der Waals surface area contributed by atoms with E-state index in [1.54, 1.807) is 0 Å². The minimum absolute atomic E-state index is 0.921. The molecule has 0 amide bonds. The van der Waals surface area contributed by atoms with Crippen LogP contribution in [-0.4, -0.2) is 12.4 Å². The first-order valence-electron chi connectivity index (χ1n) is 12.1. The average Bonchev–Trinajstić information content (AvgIpc) is 2.95. The number of nitrogens with zero attached hydrogens (tertiary/aromatic N) is 2. The molecule has 6 aromatic rings. The van der Waals surface area contributed by atoms with E-state index in [4.69, 9.17) is 9.98 Å². The fourth-order valence-corrected chi connectivity index (χ4v) is 4.63.